The van der Waals surface area contributed by atoms with E-state index >= 15 is 0 Å². The zero-order chi connectivity index (χ0) is 28.5. The van der Waals surface area contributed by atoms with E-state index in [0.29, 0.717) is 46.4 Å². The molecule has 0 aliphatic carbocycles. The van der Waals surface area contributed by atoms with Crippen molar-refractivity contribution in [3.63, 3.8) is 0 Å². The molecule has 6 nitrogen and oxygen atoms in total. The third-order valence-corrected chi connectivity index (χ3v) is 5.78. The predicted octanol–water partition coefficient (Wildman–Crippen LogP) is 5.87. The van der Waals surface area contributed by atoms with Crippen LogP contribution in [-0.2, 0) is 6.18 Å². The maximum atomic E-state index is 13.1. The Kier molecular flexibility index (Phi) is 10.7. The lowest BCUT2D eigenvalue weighted by Gasteiger charge is -2.14. The molecule has 38 heavy (non-hydrogen) atoms. The number of aliphatic imine (C=N–C) groups is 1. The number of hydrogen-bond donors (Lipinski definition) is 5. The summed E-state index contributed by atoms with van der Waals surface area (Å²) in [5.74, 6) is 6.71. The second kappa shape index (κ2) is 13.5. The summed E-state index contributed by atoms with van der Waals surface area (Å²) >= 11 is 0. The lowest BCUT2D eigenvalue weighted by atomic mass is 10.0. The Balaban J connectivity index is 2.33. The van der Waals surface area contributed by atoms with E-state index in [1.807, 2.05) is 13.0 Å². The SMILES string of the molecule is C=C(Nc1cccc(C(F)(F)F)c1)c1ccc(C)c(C#CC(=N)/C(C(=NC[C@@H](C)CC)NNC)=C(/C)N)c1. The Bertz CT molecular complexity index is 1290. The number of benzene rings is 2. The van der Waals surface area contributed by atoms with Crippen molar-refractivity contribution < 1.29 is 13.2 Å². The molecule has 0 saturated heterocycles. The first-order valence-electron chi connectivity index (χ1n) is 12.2. The van der Waals surface area contributed by atoms with Crippen LogP contribution in [0.3, 0.4) is 0 Å². The Labute approximate surface area is 222 Å². The maximum absolute atomic E-state index is 13.1. The fourth-order valence-corrected chi connectivity index (χ4v) is 3.33. The van der Waals surface area contributed by atoms with Gasteiger partial charge in [-0.2, -0.15) is 13.2 Å². The predicted molar refractivity (Wildman–Crippen MR) is 151 cm³/mol. The summed E-state index contributed by atoms with van der Waals surface area (Å²) in [4.78, 5) is 4.60. The first-order valence-corrected chi connectivity index (χ1v) is 12.2. The molecular weight excluding hydrogens is 489 g/mol. The van der Waals surface area contributed by atoms with Gasteiger partial charge < -0.3 is 16.5 Å². The van der Waals surface area contributed by atoms with Gasteiger partial charge >= 0.3 is 6.18 Å². The van der Waals surface area contributed by atoms with Crippen molar-refractivity contribution >= 4 is 22.9 Å². The van der Waals surface area contributed by atoms with E-state index in [4.69, 9.17) is 11.1 Å². The molecule has 0 heterocycles. The molecule has 0 unspecified atom stereocenters. The van der Waals surface area contributed by atoms with E-state index in [1.54, 1.807) is 32.2 Å². The average Bonchev–Trinajstić information content (AvgIpc) is 2.86. The third kappa shape index (κ3) is 8.53. The lowest BCUT2D eigenvalue weighted by molar-refractivity contribution is -0.137. The van der Waals surface area contributed by atoms with Gasteiger partial charge in [0.05, 0.1) is 11.1 Å². The number of nitrogens with two attached hydrogens (primary N) is 1. The number of nitrogens with zero attached hydrogens (tertiary/aromatic N) is 1. The molecule has 202 valence electrons. The van der Waals surface area contributed by atoms with Crippen LogP contribution in [0.5, 0.6) is 0 Å². The molecular formula is C29H35F3N6. The van der Waals surface area contributed by atoms with Gasteiger partial charge in [-0.25, -0.2) is 5.43 Å². The largest absolute Gasteiger partial charge is 0.416 e. The Morgan fingerprint density at radius 3 is 2.53 bits per heavy atom. The zero-order valence-electron chi connectivity index (χ0n) is 22.4. The molecule has 0 amide bonds. The number of amidine groups is 1. The van der Waals surface area contributed by atoms with E-state index in [0.717, 1.165) is 24.1 Å². The number of nitrogens with one attached hydrogen (secondary N) is 4. The van der Waals surface area contributed by atoms with Crippen LogP contribution in [0, 0.1) is 30.1 Å². The molecule has 9 heteroatoms. The summed E-state index contributed by atoms with van der Waals surface area (Å²) in [5, 5.41) is 11.5. The number of hydrazine groups is 1. The van der Waals surface area contributed by atoms with Crippen LogP contribution in [-0.4, -0.2) is 25.1 Å². The molecule has 0 aromatic heterocycles. The monoisotopic (exact) mass is 524 g/mol. The van der Waals surface area contributed by atoms with Crippen molar-refractivity contribution in [1.82, 2.24) is 10.9 Å². The van der Waals surface area contributed by atoms with Gasteiger partial charge in [0.25, 0.3) is 0 Å². The van der Waals surface area contributed by atoms with Crippen LogP contribution in [0.4, 0.5) is 18.9 Å². The van der Waals surface area contributed by atoms with E-state index in [9.17, 15) is 13.2 Å². The molecule has 2 aromatic rings. The molecule has 0 aliphatic heterocycles. The standard InChI is InChI=1S/C29H35F3N6/c1-7-18(2)17-36-28(38-35-6)27(20(4)33)26(34)14-13-22-15-23(12-11-19(22)3)21(5)37-25-10-8-9-24(16-25)29(30,31)32/h8-12,15-16,18,34-35,37H,5,7,17,33H2,1-4,6H3,(H,36,38)/b27-20+,34-26?/t18-/m0/s1. The molecule has 0 aliphatic rings. The summed E-state index contributed by atoms with van der Waals surface area (Å²) in [6, 6.07) is 10.4. The number of anilines is 1. The molecule has 1 atom stereocenters. The van der Waals surface area contributed by atoms with Gasteiger partial charge in [-0.15, -0.1) is 0 Å². The lowest BCUT2D eigenvalue weighted by Crippen LogP contribution is -2.38. The smallest absolute Gasteiger partial charge is 0.402 e. The minimum Gasteiger partial charge on any atom is -0.402 e. The Morgan fingerprint density at radius 1 is 1.21 bits per heavy atom. The molecule has 0 radical (unpaired) electrons. The van der Waals surface area contributed by atoms with Gasteiger partial charge in [0.1, 0.15) is 11.5 Å². The number of alkyl halides is 3. The van der Waals surface area contributed by atoms with Crippen LogP contribution < -0.4 is 21.9 Å². The minimum atomic E-state index is -4.44. The van der Waals surface area contributed by atoms with Gasteiger partial charge in [-0.1, -0.05) is 51.0 Å². The van der Waals surface area contributed by atoms with E-state index in [2.05, 4.69) is 53.4 Å². The van der Waals surface area contributed by atoms with Gasteiger partial charge in [0, 0.05) is 36.2 Å². The highest BCUT2D eigenvalue weighted by molar-refractivity contribution is 6.29. The van der Waals surface area contributed by atoms with E-state index in [1.165, 1.54) is 6.07 Å². The normalized spacial score (nSPS) is 13.1. The molecule has 2 aromatic carbocycles. The number of halogens is 3. The number of allylic oxidation sites excluding steroid dienone is 1. The molecule has 2 rings (SSSR count). The first kappa shape index (κ1) is 30.2. The summed E-state index contributed by atoms with van der Waals surface area (Å²) in [6.07, 6.45) is -3.47. The highest BCUT2D eigenvalue weighted by Crippen LogP contribution is 2.31. The van der Waals surface area contributed by atoms with Crippen molar-refractivity contribution in [1.29, 1.82) is 5.41 Å². The highest BCUT2D eigenvalue weighted by Gasteiger charge is 2.30. The summed E-state index contributed by atoms with van der Waals surface area (Å²) in [7, 11) is 1.70. The number of aryl methyl sites for hydroxylation is 1. The van der Waals surface area contributed by atoms with Crippen molar-refractivity contribution in [3.05, 3.63) is 82.6 Å². The zero-order valence-corrected chi connectivity index (χ0v) is 22.4. The number of hydrogen-bond acceptors (Lipinski definition) is 5. The fraction of sp³-hybridized carbons (Fsp3) is 0.310. The molecule has 0 fully saturated rings. The van der Waals surface area contributed by atoms with Crippen molar-refractivity contribution in [3.8, 4) is 11.8 Å². The van der Waals surface area contributed by atoms with E-state index in [-0.39, 0.29) is 11.4 Å². The Hall–Kier alpha value is -4.03. The molecule has 6 N–H and O–H groups in total. The highest BCUT2D eigenvalue weighted by atomic mass is 19.4. The second-order valence-corrected chi connectivity index (χ2v) is 8.97. The van der Waals surface area contributed by atoms with Gasteiger partial charge in [0.2, 0.25) is 0 Å². The quantitative estimate of drug-likeness (QED) is 0.123. The van der Waals surface area contributed by atoms with Crippen LogP contribution in [0.25, 0.3) is 5.70 Å². The van der Waals surface area contributed by atoms with Crippen LogP contribution in [0.15, 0.2) is 65.3 Å². The topological polar surface area (TPSA) is 98.3 Å². The average molecular weight is 525 g/mol. The van der Waals surface area contributed by atoms with E-state index < -0.39 is 11.7 Å². The number of rotatable bonds is 9. The first-order chi connectivity index (χ1) is 17.9. The van der Waals surface area contributed by atoms with Gasteiger partial charge in [0.15, 0.2) is 0 Å². The third-order valence-electron chi connectivity index (χ3n) is 5.78. The summed E-state index contributed by atoms with van der Waals surface area (Å²) in [5.41, 5.74) is 14.8. The van der Waals surface area contributed by atoms with Gasteiger partial charge in [-0.05, 0) is 61.1 Å². The van der Waals surface area contributed by atoms with Crippen molar-refractivity contribution in [2.75, 3.05) is 18.9 Å². The minimum absolute atomic E-state index is 0.00127. The van der Waals surface area contributed by atoms with Crippen LogP contribution in [0.1, 0.15) is 49.4 Å². The van der Waals surface area contributed by atoms with Crippen LogP contribution >= 0.6 is 0 Å². The fourth-order valence-electron chi connectivity index (χ4n) is 3.33. The van der Waals surface area contributed by atoms with Crippen molar-refractivity contribution in [2.45, 2.75) is 40.3 Å². The molecule has 0 bridgehead atoms. The second-order valence-electron chi connectivity index (χ2n) is 8.97. The van der Waals surface area contributed by atoms with Gasteiger partial charge in [-0.3, -0.25) is 10.4 Å². The van der Waals surface area contributed by atoms with Crippen LogP contribution in [0.2, 0.25) is 0 Å². The molecule has 0 spiro atoms. The maximum Gasteiger partial charge on any atom is 0.416 e. The summed E-state index contributed by atoms with van der Waals surface area (Å²) in [6.45, 7) is 12.3. The van der Waals surface area contributed by atoms with Crippen molar-refractivity contribution in [2.24, 2.45) is 16.6 Å². The molecule has 0 saturated carbocycles. The summed E-state index contributed by atoms with van der Waals surface area (Å²) < 4.78 is 39.2. The Morgan fingerprint density at radius 2 is 1.92 bits per heavy atom.